The Bertz CT molecular complexity index is 458. The van der Waals surface area contributed by atoms with E-state index in [0.717, 1.165) is 52.5 Å². The molecule has 0 radical (unpaired) electrons. The molecule has 8 heteroatoms. The highest BCUT2D eigenvalue weighted by Crippen LogP contribution is 2.17. The minimum absolute atomic E-state index is 0.278. The van der Waals surface area contributed by atoms with Crippen molar-refractivity contribution in [2.75, 3.05) is 68.4 Å². The van der Waals surface area contributed by atoms with Crippen molar-refractivity contribution in [2.45, 2.75) is 12.8 Å². The van der Waals surface area contributed by atoms with Gasteiger partial charge in [0.2, 0.25) is 17.8 Å². The molecule has 0 aliphatic carbocycles. The smallest absolute Gasteiger partial charge is 0.231 e. The van der Waals surface area contributed by atoms with E-state index in [4.69, 9.17) is 10.5 Å². The molecule has 2 fully saturated rings. The Labute approximate surface area is 124 Å². The number of nitrogen functional groups attached to an aromatic ring is 1. The predicted octanol–water partition coefficient (Wildman–Crippen LogP) is -0.202. The van der Waals surface area contributed by atoms with E-state index in [1.165, 1.54) is 12.8 Å². The first-order valence-electron chi connectivity index (χ1n) is 7.62. The van der Waals surface area contributed by atoms with E-state index in [2.05, 4.69) is 30.1 Å². The van der Waals surface area contributed by atoms with Crippen LogP contribution in [0, 0.1) is 0 Å². The van der Waals surface area contributed by atoms with Gasteiger partial charge in [0.1, 0.15) is 0 Å². The van der Waals surface area contributed by atoms with Gasteiger partial charge in [-0.05, 0) is 12.8 Å². The highest BCUT2D eigenvalue weighted by molar-refractivity contribution is 5.42. The summed E-state index contributed by atoms with van der Waals surface area (Å²) in [6.45, 7) is 7.35. The van der Waals surface area contributed by atoms with E-state index in [-0.39, 0.29) is 5.95 Å². The first-order chi connectivity index (χ1) is 10.3. The maximum atomic E-state index is 5.79. The lowest BCUT2D eigenvalue weighted by Crippen LogP contribution is -2.39. The monoisotopic (exact) mass is 293 g/mol. The Morgan fingerprint density at radius 3 is 2.57 bits per heavy atom. The summed E-state index contributed by atoms with van der Waals surface area (Å²) in [5.74, 6) is 1.53. The van der Waals surface area contributed by atoms with Crippen molar-refractivity contribution in [3.63, 3.8) is 0 Å². The number of nitrogens with zero attached hydrogens (tertiary/aromatic N) is 5. The van der Waals surface area contributed by atoms with Gasteiger partial charge in [-0.2, -0.15) is 15.0 Å². The van der Waals surface area contributed by atoms with Gasteiger partial charge in [-0.15, -0.1) is 0 Å². The van der Waals surface area contributed by atoms with E-state index < -0.39 is 0 Å². The summed E-state index contributed by atoms with van der Waals surface area (Å²) in [5, 5.41) is 3.25. The molecule has 1 aromatic heterocycles. The lowest BCUT2D eigenvalue weighted by molar-refractivity contribution is 0.0398. The van der Waals surface area contributed by atoms with Crippen LogP contribution in [0.5, 0.6) is 0 Å². The molecule has 8 nitrogen and oxygen atoms in total. The third kappa shape index (κ3) is 3.92. The molecule has 3 N–H and O–H groups in total. The highest BCUT2D eigenvalue weighted by Gasteiger charge is 2.17. The largest absolute Gasteiger partial charge is 0.379 e. The molecule has 116 valence electrons. The number of aromatic nitrogens is 3. The van der Waals surface area contributed by atoms with Gasteiger partial charge in [-0.3, -0.25) is 4.90 Å². The molecule has 21 heavy (non-hydrogen) atoms. The molecule has 0 unspecified atom stereocenters. The molecule has 2 aliphatic rings. The van der Waals surface area contributed by atoms with Gasteiger partial charge in [0, 0.05) is 39.3 Å². The molecule has 0 atom stereocenters. The van der Waals surface area contributed by atoms with Gasteiger partial charge in [-0.1, -0.05) is 0 Å². The van der Waals surface area contributed by atoms with Gasteiger partial charge < -0.3 is 20.7 Å². The molecule has 0 saturated carbocycles. The summed E-state index contributed by atoms with van der Waals surface area (Å²) < 4.78 is 5.34. The van der Waals surface area contributed by atoms with Gasteiger partial charge in [-0.25, -0.2) is 0 Å². The predicted molar refractivity (Wildman–Crippen MR) is 81.4 cm³/mol. The number of morpholine rings is 1. The second-order valence-electron chi connectivity index (χ2n) is 5.39. The van der Waals surface area contributed by atoms with Crippen LogP contribution in [0.15, 0.2) is 0 Å². The summed E-state index contributed by atoms with van der Waals surface area (Å²) in [6.07, 6.45) is 2.37. The topological polar surface area (TPSA) is 92.4 Å². The molecule has 2 saturated heterocycles. The molecule has 3 heterocycles. The van der Waals surface area contributed by atoms with Crippen LogP contribution in [-0.2, 0) is 4.74 Å². The molecule has 2 aliphatic heterocycles. The zero-order valence-corrected chi connectivity index (χ0v) is 12.3. The average molecular weight is 293 g/mol. The normalized spacial score (nSPS) is 19.9. The van der Waals surface area contributed by atoms with E-state index in [0.29, 0.717) is 11.9 Å². The van der Waals surface area contributed by atoms with Crippen molar-refractivity contribution < 1.29 is 4.74 Å². The van der Waals surface area contributed by atoms with E-state index >= 15 is 0 Å². The maximum absolute atomic E-state index is 5.79. The van der Waals surface area contributed by atoms with Crippen LogP contribution in [-0.4, -0.2) is 72.3 Å². The van der Waals surface area contributed by atoms with Crippen molar-refractivity contribution in [1.82, 2.24) is 19.9 Å². The second-order valence-corrected chi connectivity index (χ2v) is 5.39. The first-order valence-corrected chi connectivity index (χ1v) is 7.62. The summed E-state index contributed by atoms with van der Waals surface area (Å²) in [5.41, 5.74) is 5.79. The fraction of sp³-hybridized carbons (Fsp3) is 0.769. The van der Waals surface area contributed by atoms with E-state index in [9.17, 15) is 0 Å². The average Bonchev–Trinajstić information content (AvgIpc) is 3.02. The third-order valence-electron chi connectivity index (χ3n) is 3.84. The molecular formula is C13H23N7O. The first kappa shape index (κ1) is 14.3. The number of ether oxygens (including phenoxy) is 1. The van der Waals surface area contributed by atoms with Crippen LogP contribution in [0.25, 0.3) is 0 Å². The van der Waals surface area contributed by atoms with Crippen molar-refractivity contribution in [2.24, 2.45) is 0 Å². The second kappa shape index (κ2) is 6.86. The zero-order valence-electron chi connectivity index (χ0n) is 12.3. The number of anilines is 3. The van der Waals surface area contributed by atoms with Gasteiger partial charge in [0.05, 0.1) is 13.2 Å². The molecular weight excluding hydrogens is 270 g/mol. The molecule has 0 aromatic carbocycles. The summed E-state index contributed by atoms with van der Waals surface area (Å²) in [7, 11) is 0. The summed E-state index contributed by atoms with van der Waals surface area (Å²) >= 11 is 0. The van der Waals surface area contributed by atoms with Crippen LogP contribution in [0.2, 0.25) is 0 Å². The number of nitrogens with two attached hydrogens (primary N) is 1. The van der Waals surface area contributed by atoms with Gasteiger partial charge >= 0.3 is 0 Å². The van der Waals surface area contributed by atoms with E-state index in [1.807, 2.05) is 0 Å². The lowest BCUT2D eigenvalue weighted by Gasteiger charge is -2.26. The number of nitrogens with one attached hydrogen (secondary N) is 1. The Balaban J connectivity index is 1.54. The van der Waals surface area contributed by atoms with Crippen molar-refractivity contribution in [3.8, 4) is 0 Å². The fourth-order valence-corrected chi connectivity index (χ4v) is 2.67. The quantitative estimate of drug-likeness (QED) is 0.771. The van der Waals surface area contributed by atoms with Crippen molar-refractivity contribution in [3.05, 3.63) is 0 Å². The van der Waals surface area contributed by atoms with Crippen LogP contribution >= 0.6 is 0 Å². The number of rotatable bonds is 5. The van der Waals surface area contributed by atoms with Gasteiger partial charge in [0.15, 0.2) is 0 Å². The SMILES string of the molecule is Nc1nc(NCCN2CCOCC2)nc(N2CCCC2)n1. The van der Waals surface area contributed by atoms with E-state index in [1.54, 1.807) is 0 Å². The molecule has 0 amide bonds. The lowest BCUT2D eigenvalue weighted by atomic mass is 10.4. The van der Waals surface area contributed by atoms with Gasteiger partial charge in [0.25, 0.3) is 0 Å². The van der Waals surface area contributed by atoms with Crippen molar-refractivity contribution in [1.29, 1.82) is 0 Å². The van der Waals surface area contributed by atoms with Crippen LogP contribution in [0.3, 0.4) is 0 Å². The summed E-state index contributed by atoms with van der Waals surface area (Å²) in [6, 6.07) is 0. The minimum Gasteiger partial charge on any atom is -0.379 e. The Kier molecular flexibility index (Phi) is 4.66. The van der Waals surface area contributed by atoms with Crippen LogP contribution in [0.4, 0.5) is 17.8 Å². The molecule has 1 aromatic rings. The maximum Gasteiger partial charge on any atom is 0.231 e. The Hall–Kier alpha value is -1.67. The fourth-order valence-electron chi connectivity index (χ4n) is 2.67. The Morgan fingerprint density at radius 1 is 1.05 bits per heavy atom. The third-order valence-corrected chi connectivity index (χ3v) is 3.84. The molecule has 0 bridgehead atoms. The highest BCUT2D eigenvalue weighted by atomic mass is 16.5. The zero-order chi connectivity index (χ0) is 14.5. The molecule has 0 spiro atoms. The summed E-state index contributed by atoms with van der Waals surface area (Å²) in [4.78, 5) is 17.4. The van der Waals surface area contributed by atoms with Crippen molar-refractivity contribution >= 4 is 17.8 Å². The number of hydrogen-bond acceptors (Lipinski definition) is 8. The minimum atomic E-state index is 0.278. The van der Waals surface area contributed by atoms with Crippen LogP contribution < -0.4 is 16.0 Å². The number of hydrogen-bond donors (Lipinski definition) is 2. The standard InChI is InChI=1S/C13H23N7O/c14-11-16-12(15-3-6-19-7-9-21-10-8-19)18-13(17-11)20-4-1-2-5-20/h1-10H2,(H3,14,15,16,17,18). The Morgan fingerprint density at radius 2 is 1.81 bits per heavy atom. The molecule has 3 rings (SSSR count). The van der Waals surface area contributed by atoms with Crippen LogP contribution in [0.1, 0.15) is 12.8 Å².